The van der Waals surface area contributed by atoms with Gasteiger partial charge in [0.1, 0.15) is 0 Å². The fourth-order valence-electron chi connectivity index (χ4n) is 2.79. The number of hydrogen-bond donors (Lipinski definition) is 2. The van der Waals surface area contributed by atoms with Crippen LogP contribution in [0.3, 0.4) is 0 Å². The van der Waals surface area contributed by atoms with Gasteiger partial charge in [0, 0.05) is 24.7 Å². The first-order valence-corrected chi connectivity index (χ1v) is 5.69. The van der Waals surface area contributed by atoms with E-state index in [9.17, 15) is 0 Å². The first-order valence-electron chi connectivity index (χ1n) is 5.69. The molecule has 1 heterocycles. The van der Waals surface area contributed by atoms with Crippen LogP contribution in [-0.4, -0.2) is 24.7 Å². The maximum Gasteiger partial charge on any atom is 0.0309 e. The normalized spacial score (nSPS) is 46.6. The zero-order chi connectivity index (χ0) is 9.31. The summed E-state index contributed by atoms with van der Waals surface area (Å²) in [6, 6.07) is 0.655. The van der Waals surface area contributed by atoms with E-state index in [0.717, 1.165) is 12.5 Å². The molecule has 1 saturated heterocycles. The Bertz CT molecular complexity index is 171. The molecule has 0 unspecified atom stereocenters. The van der Waals surface area contributed by atoms with Crippen molar-refractivity contribution < 1.29 is 0 Å². The molecule has 0 aromatic carbocycles. The lowest BCUT2D eigenvalue weighted by Gasteiger charge is -2.45. The van der Waals surface area contributed by atoms with Crippen LogP contribution in [0.15, 0.2) is 0 Å². The molecule has 2 nitrogen and oxygen atoms in total. The van der Waals surface area contributed by atoms with Gasteiger partial charge in [-0.3, -0.25) is 0 Å². The van der Waals surface area contributed by atoms with E-state index >= 15 is 0 Å². The van der Waals surface area contributed by atoms with Gasteiger partial charge in [-0.2, -0.15) is 0 Å². The Hall–Kier alpha value is -0.0800. The predicted molar refractivity (Wildman–Crippen MR) is 55.8 cm³/mol. The number of piperazine rings is 1. The number of rotatable bonds is 0. The first kappa shape index (κ1) is 9.47. The summed E-state index contributed by atoms with van der Waals surface area (Å²) in [7, 11) is 0. The van der Waals surface area contributed by atoms with Crippen LogP contribution >= 0.6 is 0 Å². The lowest BCUT2D eigenvalue weighted by Crippen LogP contribution is -2.63. The second kappa shape index (κ2) is 3.58. The summed E-state index contributed by atoms with van der Waals surface area (Å²) in [6.45, 7) is 6.99. The zero-order valence-electron chi connectivity index (χ0n) is 8.90. The van der Waals surface area contributed by atoms with Crippen molar-refractivity contribution in [2.45, 2.75) is 51.1 Å². The maximum atomic E-state index is 3.79. The van der Waals surface area contributed by atoms with Gasteiger partial charge in [-0.05, 0) is 38.5 Å². The Labute approximate surface area is 81.5 Å². The van der Waals surface area contributed by atoms with Crippen LogP contribution in [0.2, 0.25) is 0 Å². The quantitative estimate of drug-likeness (QED) is 0.593. The minimum absolute atomic E-state index is 0.449. The van der Waals surface area contributed by atoms with Gasteiger partial charge in [0.25, 0.3) is 0 Å². The minimum Gasteiger partial charge on any atom is -0.313 e. The molecule has 76 valence electrons. The standard InChI is InChI=1S/C11H22N2/c1-9-3-5-11(6-4-9)8-12-7-10(2)13-11/h9-10,12-13H,3-8H2,1-2H3/t9?,10-,11?/m1/s1. The Kier molecular flexibility index (Phi) is 2.61. The van der Waals surface area contributed by atoms with Gasteiger partial charge in [0.15, 0.2) is 0 Å². The Morgan fingerprint density at radius 1 is 1.15 bits per heavy atom. The van der Waals surface area contributed by atoms with Crippen molar-refractivity contribution in [2.24, 2.45) is 5.92 Å². The highest BCUT2D eigenvalue weighted by molar-refractivity contribution is 4.98. The molecule has 2 N–H and O–H groups in total. The highest BCUT2D eigenvalue weighted by Gasteiger charge is 2.36. The molecule has 0 aromatic heterocycles. The van der Waals surface area contributed by atoms with Crippen molar-refractivity contribution in [1.29, 1.82) is 0 Å². The second-order valence-corrected chi connectivity index (χ2v) is 5.14. The highest BCUT2D eigenvalue weighted by atomic mass is 15.1. The van der Waals surface area contributed by atoms with Crippen molar-refractivity contribution in [2.75, 3.05) is 13.1 Å². The molecule has 2 fully saturated rings. The molecule has 1 aliphatic carbocycles. The number of hydrogen-bond acceptors (Lipinski definition) is 2. The molecule has 1 atom stereocenters. The van der Waals surface area contributed by atoms with E-state index in [1.54, 1.807) is 0 Å². The summed E-state index contributed by atoms with van der Waals surface area (Å²) in [6.07, 6.45) is 5.54. The molecule has 0 radical (unpaired) electrons. The van der Waals surface area contributed by atoms with E-state index in [2.05, 4.69) is 24.5 Å². The smallest absolute Gasteiger partial charge is 0.0309 e. The first-order chi connectivity index (χ1) is 6.20. The van der Waals surface area contributed by atoms with Crippen molar-refractivity contribution in [3.8, 4) is 0 Å². The molecule has 2 rings (SSSR count). The van der Waals surface area contributed by atoms with E-state index in [1.165, 1.54) is 32.2 Å². The van der Waals surface area contributed by atoms with Crippen LogP contribution in [0.5, 0.6) is 0 Å². The van der Waals surface area contributed by atoms with E-state index in [0.29, 0.717) is 11.6 Å². The summed E-state index contributed by atoms with van der Waals surface area (Å²) in [5.74, 6) is 0.949. The zero-order valence-corrected chi connectivity index (χ0v) is 8.90. The topological polar surface area (TPSA) is 24.1 Å². The van der Waals surface area contributed by atoms with E-state index in [4.69, 9.17) is 0 Å². The molecule has 13 heavy (non-hydrogen) atoms. The van der Waals surface area contributed by atoms with Gasteiger partial charge < -0.3 is 10.6 Å². The lowest BCUT2D eigenvalue weighted by molar-refractivity contribution is 0.149. The summed E-state index contributed by atoms with van der Waals surface area (Å²) in [4.78, 5) is 0. The highest BCUT2D eigenvalue weighted by Crippen LogP contribution is 2.32. The van der Waals surface area contributed by atoms with Crippen molar-refractivity contribution in [3.05, 3.63) is 0 Å². The Morgan fingerprint density at radius 2 is 1.85 bits per heavy atom. The van der Waals surface area contributed by atoms with E-state index in [-0.39, 0.29) is 0 Å². The van der Waals surface area contributed by atoms with Gasteiger partial charge in [-0.1, -0.05) is 6.92 Å². The molecule has 0 amide bonds. The van der Waals surface area contributed by atoms with Gasteiger partial charge in [-0.15, -0.1) is 0 Å². The Morgan fingerprint density at radius 3 is 2.46 bits per heavy atom. The van der Waals surface area contributed by atoms with Crippen molar-refractivity contribution in [3.63, 3.8) is 0 Å². The molecular weight excluding hydrogens is 160 g/mol. The minimum atomic E-state index is 0.449. The van der Waals surface area contributed by atoms with E-state index < -0.39 is 0 Å². The summed E-state index contributed by atoms with van der Waals surface area (Å²) >= 11 is 0. The molecule has 2 aliphatic rings. The van der Waals surface area contributed by atoms with Crippen LogP contribution in [0.4, 0.5) is 0 Å². The predicted octanol–water partition coefficient (Wildman–Crippen LogP) is 1.52. The van der Waals surface area contributed by atoms with Gasteiger partial charge in [0.2, 0.25) is 0 Å². The Balaban J connectivity index is 1.95. The third kappa shape index (κ3) is 2.05. The average Bonchev–Trinajstić information content (AvgIpc) is 2.11. The van der Waals surface area contributed by atoms with Crippen LogP contribution in [0.25, 0.3) is 0 Å². The average molecular weight is 182 g/mol. The molecule has 1 saturated carbocycles. The summed E-state index contributed by atoms with van der Waals surface area (Å²) in [5.41, 5.74) is 0.449. The van der Waals surface area contributed by atoms with Crippen LogP contribution in [0, 0.1) is 5.92 Å². The molecule has 2 heteroatoms. The largest absolute Gasteiger partial charge is 0.313 e. The molecule has 1 spiro atoms. The van der Waals surface area contributed by atoms with Crippen LogP contribution in [-0.2, 0) is 0 Å². The summed E-state index contributed by atoms with van der Waals surface area (Å²) in [5, 5.41) is 7.34. The fourth-order valence-corrected chi connectivity index (χ4v) is 2.79. The summed E-state index contributed by atoms with van der Waals surface area (Å²) < 4.78 is 0. The maximum absolute atomic E-state index is 3.79. The van der Waals surface area contributed by atoms with Crippen LogP contribution in [0.1, 0.15) is 39.5 Å². The molecular formula is C11H22N2. The third-order valence-electron chi connectivity index (χ3n) is 3.70. The fraction of sp³-hybridized carbons (Fsp3) is 1.00. The van der Waals surface area contributed by atoms with Crippen LogP contribution < -0.4 is 10.6 Å². The van der Waals surface area contributed by atoms with Gasteiger partial charge >= 0.3 is 0 Å². The van der Waals surface area contributed by atoms with E-state index in [1.807, 2.05) is 0 Å². The van der Waals surface area contributed by atoms with Gasteiger partial charge in [0.05, 0.1) is 0 Å². The number of nitrogens with one attached hydrogen (secondary N) is 2. The van der Waals surface area contributed by atoms with Crippen molar-refractivity contribution >= 4 is 0 Å². The SMILES string of the molecule is CC1CCC2(CC1)CNC[C@@H](C)N2. The monoisotopic (exact) mass is 182 g/mol. The lowest BCUT2D eigenvalue weighted by atomic mass is 9.76. The van der Waals surface area contributed by atoms with Gasteiger partial charge in [-0.25, -0.2) is 0 Å². The molecule has 0 aromatic rings. The van der Waals surface area contributed by atoms with Crippen molar-refractivity contribution in [1.82, 2.24) is 10.6 Å². The third-order valence-corrected chi connectivity index (χ3v) is 3.70. The second-order valence-electron chi connectivity index (χ2n) is 5.14. The molecule has 1 aliphatic heterocycles. The molecule has 0 bridgehead atoms.